The van der Waals surface area contributed by atoms with Gasteiger partial charge in [-0.3, -0.25) is 14.3 Å². The fourth-order valence-electron chi connectivity index (χ4n) is 2.25. The number of H-pyrrole nitrogens is 1. The van der Waals surface area contributed by atoms with Gasteiger partial charge in [-0.2, -0.15) is 0 Å². The average molecular weight is 270 g/mol. The number of rotatable bonds is 3. The van der Waals surface area contributed by atoms with Crippen LogP contribution in [0.1, 0.15) is 12.5 Å². The van der Waals surface area contributed by atoms with Crippen molar-refractivity contribution in [2.45, 2.75) is 20.0 Å². The smallest absolute Gasteiger partial charge is 0.312 e. The topological polar surface area (TPSA) is 72.7 Å². The van der Waals surface area contributed by atoms with E-state index in [4.69, 9.17) is 0 Å². The summed E-state index contributed by atoms with van der Waals surface area (Å²) >= 11 is 0. The molecule has 2 heterocycles. The van der Waals surface area contributed by atoms with E-state index in [9.17, 15) is 9.59 Å². The van der Waals surface area contributed by atoms with E-state index >= 15 is 0 Å². The lowest BCUT2D eigenvalue weighted by Crippen LogP contribution is -2.34. The molecule has 6 nitrogen and oxygen atoms in total. The lowest BCUT2D eigenvalue weighted by molar-refractivity contribution is 0.678. The van der Waals surface area contributed by atoms with Crippen LogP contribution in [-0.4, -0.2) is 19.1 Å². The number of hydrogen-bond acceptors (Lipinski definition) is 3. The summed E-state index contributed by atoms with van der Waals surface area (Å²) < 4.78 is 2.91. The van der Waals surface area contributed by atoms with E-state index in [-0.39, 0.29) is 5.56 Å². The maximum Gasteiger partial charge on any atom is 0.330 e. The van der Waals surface area contributed by atoms with Crippen LogP contribution in [0.15, 0.2) is 46.2 Å². The number of aromatic amines is 1. The molecule has 3 rings (SSSR count). The van der Waals surface area contributed by atoms with Crippen LogP contribution in [0.4, 0.5) is 0 Å². The van der Waals surface area contributed by atoms with Crippen LogP contribution >= 0.6 is 0 Å². The maximum absolute atomic E-state index is 12.1. The van der Waals surface area contributed by atoms with Gasteiger partial charge in [-0.1, -0.05) is 30.3 Å². The molecule has 1 N–H and O–H groups in total. The molecular weight excluding hydrogens is 256 g/mol. The van der Waals surface area contributed by atoms with Gasteiger partial charge in [-0.25, -0.2) is 9.78 Å². The number of fused-ring (bicyclic) bond motifs is 1. The molecule has 0 saturated carbocycles. The summed E-state index contributed by atoms with van der Waals surface area (Å²) in [7, 11) is 0. The molecule has 0 aliphatic rings. The lowest BCUT2D eigenvalue weighted by Gasteiger charge is -2.05. The van der Waals surface area contributed by atoms with Crippen molar-refractivity contribution in [2.24, 2.45) is 0 Å². The van der Waals surface area contributed by atoms with Crippen LogP contribution in [0.5, 0.6) is 0 Å². The molecule has 3 aromatic rings. The molecule has 6 heteroatoms. The predicted octanol–water partition coefficient (Wildman–Crippen LogP) is 0.954. The summed E-state index contributed by atoms with van der Waals surface area (Å²) in [5.74, 6) is 0. The molecule has 0 aliphatic carbocycles. The Kier molecular flexibility index (Phi) is 2.98. The van der Waals surface area contributed by atoms with E-state index < -0.39 is 5.69 Å². The van der Waals surface area contributed by atoms with Gasteiger partial charge >= 0.3 is 5.69 Å². The molecule has 102 valence electrons. The number of nitrogens with zero attached hydrogens (tertiary/aromatic N) is 3. The molecule has 1 aromatic carbocycles. The Bertz CT molecular complexity index is 858. The summed E-state index contributed by atoms with van der Waals surface area (Å²) in [6.07, 6.45) is 1.58. The molecule has 0 atom stereocenters. The first-order valence-electron chi connectivity index (χ1n) is 6.42. The lowest BCUT2D eigenvalue weighted by atomic mass is 10.2. The first-order chi connectivity index (χ1) is 9.70. The zero-order valence-electron chi connectivity index (χ0n) is 11.0. The molecular formula is C14H14N4O2. The molecule has 0 unspecified atom stereocenters. The van der Waals surface area contributed by atoms with Gasteiger partial charge in [0.25, 0.3) is 5.56 Å². The van der Waals surface area contributed by atoms with Gasteiger partial charge in [-0.05, 0) is 12.5 Å². The van der Waals surface area contributed by atoms with Crippen LogP contribution in [-0.2, 0) is 13.1 Å². The average Bonchev–Trinajstić information content (AvgIpc) is 2.84. The Labute approximate surface area is 114 Å². The number of benzene rings is 1. The fourth-order valence-corrected chi connectivity index (χ4v) is 2.25. The third-order valence-corrected chi connectivity index (χ3v) is 3.27. The van der Waals surface area contributed by atoms with E-state index in [0.29, 0.717) is 24.3 Å². The zero-order valence-corrected chi connectivity index (χ0v) is 11.0. The highest BCUT2D eigenvalue weighted by atomic mass is 16.2. The van der Waals surface area contributed by atoms with Crippen LogP contribution in [0.25, 0.3) is 11.2 Å². The van der Waals surface area contributed by atoms with E-state index in [1.165, 1.54) is 0 Å². The highest BCUT2D eigenvalue weighted by molar-refractivity contribution is 5.69. The minimum absolute atomic E-state index is 0.294. The van der Waals surface area contributed by atoms with E-state index in [0.717, 1.165) is 10.1 Å². The fraction of sp³-hybridized carbons (Fsp3) is 0.214. The molecule has 0 aliphatic heterocycles. The number of aromatic nitrogens is 4. The van der Waals surface area contributed by atoms with E-state index in [2.05, 4.69) is 9.97 Å². The van der Waals surface area contributed by atoms with Crippen molar-refractivity contribution in [2.75, 3.05) is 0 Å². The van der Waals surface area contributed by atoms with Crippen molar-refractivity contribution in [1.29, 1.82) is 0 Å². The first kappa shape index (κ1) is 12.4. The molecule has 0 fully saturated rings. The minimum Gasteiger partial charge on any atom is -0.312 e. The van der Waals surface area contributed by atoms with Crippen LogP contribution in [0.2, 0.25) is 0 Å². The molecule has 0 amide bonds. The summed E-state index contributed by atoms with van der Waals surface area (Å²) in [6.45, 7) is 2.64. The van der Waals surface area contributed by atoms with Crippen molar-refractivity contribution in [3.05, 3.63) is 63.1 Å². The SMILES string of the molecule is CCn1c(=O)[nH]c2c(ncn2Cc2ccccc2)c1=O. The summed E-state index contributed by atoms with van der Waals surface area (Å²) in [4.78, 5) is 30.8. The van der Waals surface area contributed by atoms with Gasteiger partial charge < -0.3 is 4.57 Å². The van der Waals surface area contributed by atoms with Crippen LogP contribution < -0.4 is 11.2 Å². The standard InChI is InChI=1S/C14H14N4O2/c1-2-18-13(19)11-12(16-14(18)20)17(9-15-11)8-10-6-4-3-5-7-10/h3-7,9H,2,8H2,1H3,(H,16,20). The van der Waals surface area contributed by atoms with Gasteiger partial charge in [0.05, 0.1) is 12.9 Å². The monoisotopic (exact) mass is 270 g/mol. The Morgan fingerprint density at radius 1 is 1.20 bits per heavy atom. The van der Waals surface area contributed by atoms with E-state index in [1.54, 1.807) is 17.8 Å². The number of nitrogens with one attached hydrogen (secondary N) is 1. The largest absolute Gasteiger partial charge is 0.330 e. The molecule has 0 saturated heterocycles. The second kappa shape index (κ2) is 4.80. The van der Waals surface area contributed by atoms with Gasteiger partial charge in [0.15, 0.2) is 5.52 Å². The molecule has 0 radical (unpaired) electrons. The molecule has 2 aromatic heterocycles. The quantitative estimate of drug-likeness (QED) is 0.770. The number of hydrogen-bond donors (Lipinski definition) is 1. The van der Waals surface area contributed by atoms with Gasteiger partial charge in [0, 0.05) is 6.54 Å². The van der Waals surface area contributed by atoms with Crippen molar-refractivity contribution >= 4 is 11.2 Å². The van der Waals surface area contributed by atoms with Crippen molar-refractivity contribution in [1.82, 2.24) is 19.1 Å². The molecule has 20 heavy (non-hydrogen) atoms. The van der Waals surface area contributed by atoms with Crippen LogP contribution in [0, 0.1) is 0 Å². The second-order valence-corrected chi connectivity index (χ2v) is 4.53. The molecule has 0 bridgehead atoms. The van der Waals surface area contributed by atoms with Gasteiger partial charge in [0.2, 0.25) is 0 Å². The Hall–Kier alpha value is -2.63. The van der Waals surface area contributed by atoms with Crippen molar-refractivity contribution in [3.8, 4) is 0 Å². The Morgan fingerprint density at radius 2 is 1.95 bits per heavy atom. The normalized spacial score (nSPS) is 11.1. The summed E-state index contributed by atoms with van der Waals surface area (Å²) in [5.41, 5.74) is 1.08. The summed E-state index contributed by atoms with van der Waals surface area (Å²) in [5, 5.41) is 0. The van der Waals surface area contributed by atoms with Gasteiger partial charge in [-0.15, -0.1) is 0 Å². The van der Waals surface area contributed by atoms with E-state index in [1.807, 2.05) is 30.3 Å². The zero-order chi connectivity index (χ0) is 14.1. The summed E-state index contributed by atoms with van der Waals surface area (Å²) in [6, 6.07) is 9.80. The van der Waals surface area contributed by atoms with Crippen LogP contribution in [0.3, 0.4) is 0 Å². The maximum atomic E-state index is 12.1. The predicted molar refractivity (Wildman–Crippen MR) is 75.8 cm³/mol. The second-order valence-electron chi connectivity index (χ2n) is 4.53. The van der Waals surface area contributed by atoms with Gasteiger partial charge in [0.1, 0.15) is 5.65 Å². The molecule has 0 spiro atoms. The first-order valence-corrected chi connectivity index (χ1v) is 6.42. The highest BCUT2D eigenvalue weighted by Crippen LogP contribution is 2.08. The Morgan fingerprint density at radius 3 is 2.65 bits per heavy atom. The number of imidazole rings is 1. The third-order valence-electron chi connectivity index (χ3n) is 3.27. The van der Waals surface area contributed by atoms with Crippen molar-refractivity contribution in [3.63, 3.8) is 0 Å². The third kappa shape index (κ3) is 1.95. The van der Waals surface area contributed by atoms with Crippen molar-refractivity contribution < 1.29 is 0 Å². The Balaban J connectivity index is 2.15. The minimum atomic E-state index is -0.403. The highest BCUT2D eigenvalue weighted by Gasteiger charge is 2.11.